The van der Waals surface area contributed by atoms with E-state index in [1.165, 1.54) is 5.57 Å². The van der Waals surface area contributed by atoms with Gasteiger partial charge in [-0.25, -0.2) is 0 Å². The van der Waals surface area contributed by atoms with Crippen LogP contribution in [0.1, 0.15) is 34.1 Å². The van der Waals surface area contributed by atoms with Crippen molar-refractivity contribution in [1.82, 2.24) is 0 Å². The van der Waals surface area contributed by atoms with Crippen LogP contribution in [0.4, 0.5) is 0 Å². The van der Waals surface area contributed by atoms with Crippen LogP contribution in [0.15, 0.2) is 11.6 Å². The summed E-state index contributed by atoms with van der Waals surface area (Å²) in [7, 11) is 0. The van der Waals surface area contributed by atoms with Crippen molar-refractivity contribution in [2.45, 2.75) is 34.1 Å². The quantitative estimate of drug-likeness (QED) is 0.478. The summed E-state index contributed by atoms with van der Waals surface area (Å²) in [6.07, 6.45) is 2.87. The van der Waals surface area contributed by atoms with Crippen molar-refractivity contribution in [3.8, 4) is 0 Å². The molecule has 0 unspecified atom stereocenters. The number of esters is 1. The monoisotopic (exact) mass is 170 g/mol. The molecule has 0 rings (SSSR count). The predicted octanol–water partition coefficient (Wildman–Crippen LogP) is 2.54. The third kappa shape index (κ3) is 4.94. The number of hydrogen-bond donors (Lipinski definition) is 0. The lowest BCUT2D eigenvalue weighted by molar-refractivity contribution is -0.147. The van der Waals surface area contributed by atoms with Crippen molar-refractivity contribution in [1.29, 1.82) is 0 Å². The Bertz CT molecular complexity index is 169. The zero-order valence-electron chi connectivity index (χ0n) is 8.39. The van der Waals surface area contributed by atoms with Crippen molar-refractivity contribution in [2.75, 3.05) is 6.61 Å². The van der Waals surface area contributed by atoms with Crippen LogP contribution in [-0.2, 0) is 9.53 Å². The smallest absolute Gasteiger partial charge is 0.308 e. The molecule has 0 aromatic rings. The van der Waals surface area contributed by atoms with Crippen LogP contribution in [0, 0.1) is 5.92 Å². The second-order valence-electron chi connectivity index (χ2n) is 3.21. The van der Waals surface area contributed by atoms with Crippen molar-refractivity contribution in [3.63, 3.8) is 0 Å². The first-order chi connectivity index (χ1) is 5.57. The summed E-state index contributed by atoms with van der Waals surface area (Å²) in [5, 5.41) is 0. The predicted molar refractivity (Wildman–Crippen MR) is 49.8 cm³/mol. The first-order valence-electron chi connectivity index (χ1n) is 4.36. The number of carbonyl (C=O) groups is 1. The number of carbonyl (C=O) groups excluding carboxylic acids is 1. The summed E-state index contributed by atoms with van der Waals surface area (Å²) in [5.41, 5.74) is 1.26. The number of ether oxygens (including phenoxy) is 1. The minimum absolute atomic E-state index is 0.0177. The SMILES string of the molecule is C/C=C(\C)CCOC(=O)C(C)C. The summed E-state index contributed by atoms with van der Waals surface area (Å²) in [6.45, 7) is 8.20. The van der Waals surface area contributed by atoms with Crippen molar-refractivity contribution < 1.29 is 9.53 Å². The van der Waals surface area contributed by atoms with Crippen LogP contribution in [-0.4, -0.2) is 12.6 Å². The van der Waals surface area contributed by atoms with E-state index in [0.717, 1.165) is 6.42 Å². The van der Waals surface area contributed by atoms with Gasteiger partial charge in [-0.15, -0.1) is 0 Å². The molecule has 0 aliphatic rings. The lowest BCUT2D eigenvalue weighted by Gasteiger charge is -2.06. The zero-order chi connectivity index (χ0) is 9.56. The Morgan fingerprint density at radius 2 is 2.08 bits per heavy atom. The van der Waals surface area contributed by atoms with Crippen molar-refractivity contribution in [3.05, 3.63) is 11.6 Å². The molecule has 0 heterocycles. The van der Waals surface area contributed by atoms with Gasteiger partial charge < -0.3 is 4.74 Å². The van der Waals surface area contributed by atoms with Gasteiger partial charge in [0.2, 0.25) is 0 Å². The first-order valence-corrected chi connectivity index (χ1v) is 4.36. The second-order valence-corrected chi connectivity index (χ2v) is 3.21. The lowest BCUT2D eigenvalue weighted by atomic mass is 10.2. The van der Waals surface area contributed by atoms with Crippen LogP contribution in [0.5, 0.6) is 0 Å². The maximum atomic E-state index is 11.0. The third-order valence-electron chi connectivity index (χ3n) is 1.70. The average Bonchev–Trinajstić information content (AvgIpc) is 2.03. The molecule has 0 aliphatic heterocycles. The van der Waals surface area contributed by atoms with Crippen molar-refractivity contribution >= 4 is 5.97 Å². The highest BCUT2D eigenvalue weighted by Gasteiger charge is 2.06. The molecule has 0 atom stereocenters. The van der Waals surface area contributed by atoms with E-state index in [0.29, 0.717) is 6.61 Å². The van der Waals surface area contributed by atoms with Gasteiger partial charge in [0.15, 0.2) is 0 Å². The molecule has 0 spiro atoms. The van der Waals surface area contributed by atoms with Gasteiger partial charge in [-0.3, -0.25) is 4.79 Å². The van der Waals surface area contributed by atoms with E-state index in [1.807, 2.05) is 33.8 Å². The Morgan fingerprint density at radius 3 is 2.50 bits per heavy atom. The van der Waals surface area contributed by atoms with E-state index in [1.54, 1.807) is 0 Å². The molecule has 0 bridgehead atoms. The summed E-state index contributed by atoms with van der Waals surface area (Å²) in [6, 6.07) is 0. The minimum atomic E-state index is -0.112. The van der Waals surface area contributed by atoms with Gasteiger partial charge in [0.1, 0.15) is 0 Å². The standard InChI is InChI=1S/C10H18O2/c1-5-9(4)6-7-12-10(11)8(2)3/h5,8H,6-7H2,1-4H3/b9-5+. The fraction of sp³-hybridized carbons (Fsp3) is 0.700. The Balaban J connectivity index is 3.51. The summed E-state index contributed by atoms with van der Waals surface area (Å²) in [4.78, 5) is 11.0. The largest absolute Gasteiger partial charge is 0.465 e. The average molecular weight is 170 g/mol. The van der Waals surface area contributed by atoms with Gasteiger partial charge in [0.25, 0.3) is 0 Å². The van der Waals surface area contributed by atoms with Crippen LogP contribution < -0.4 is 0 Å². The highest BCUT2D eigenvalue weighted by molar-refractivity contribution is 5.71. The van der Waals surface area contributed by atoms with E-state index < -0.39 is 0 Å². The molecular formula is C10H18O2. The van der Waals surface area contributed by atoms with Crippen LogP contribution >= 0.6 is 0 Å². The first kappa shape index (κ1) is 11.2. The van der Waals surface area contributed by atoms with E-state index in [9.17, 15) is 4.79 Å². The summed E-state index contributed by atoms with van der Waals surface area (Å²) in [5.74, 6) is -0.130. The molecule has 0 radical (unpaired) electrons. The Kier molecular flexibility index (Phi) is 5.43. The highest BCUT2D eigenvalue weighted by atomic mass is 16.5. The fourth-order valence-electron chi connectivity index (χ4n) is 0.624. The fourth-order valence-corrected chi connectivity index (χ4v) is 0.624. The Hall–Kier alpha value is -0.790. The molecule has 12 heavy (non-hydrogen) atoms. The molecule has 2 heteroatoms. The highest BCUT2D eigenvalue weighted by Crippen LogP contribution is 2.01. The molecule has 0 aromatic heterocycles. The molecule has 0 saturated carbocycles. The number of allylic oxidation sites excluding steroid dienone is 1. The molecule has 0 amide bonds. The molecule has 0 fully saturated rings. The van der Waals surface area contributed by atoms with E-state index in [2.05, 4.69) is 0 Å². The van der Waals surface area contributed by atoms with E-state index >= 15 is 0 Å². The second kappa shape index (κ2) is 5.81. The van der Waals surface area contributed by atoms with Gasteiger partial charge in [0, 0.05) is 6.42 Å². The maximum absolute atomic E-state index is 11.0. The van der Waals surface area contributed by atoms with Gasteiger partial charge >= 0.3 is 5.97 Å². The van der Waals surface area contributed by atoms with E-state index in [4.69, 9.17) is 4.74 Å². The molecular weight excluding hydrogens is 152 g/mol. The number of hydrogen-bond acceptors (Lipinski definition) is 2. The van der Waals surface area contributed by atoms with Crippen molar-refractivity contribution in [2.24, 2.45) is 5.92 Å². The zero-order valence-corrected chi connectivity index (χ0v) is 8.39. The van der Waals surface area contributed by atoms with Crippen LogP contribution in [0.25, 0.3) is 0 Å². The molecule has 0 aromatic carbocycles. The van der Waals surface area contributed by atoms with Gasteiger partial charge in [-0.1, -0.05) is 25.5 Å². The molecule has 70 valence electrons. The molecule has 0 saturated heterocycles. The molecule has 2 nitrogen and oxygen atoms in total. The molecule has 0 aliphatic carbocycles. The topological polar surface area (TPSA) is 26.3 Å². The van der Waals surface area contributed by atoms with Gasteiger partial charge in [0.05, 0.1) is 12.5 Å². The third-order valence-corrected chi connectivity index (χ3v) is 1.70. The maximum Gasteiger partial charge on any atom is 0.308 e. The summed E-state index contributed by atoms with van der Waals surface area (Å²) >= 11 is 0. The Labute approximate surface area is 74.6 Å². The normalized spacial score (nSPS) is 11.9. The van der Waals surface area contributed by atoms with Crippen LogP contribution in [0.3, 0.4) is 0 Å². The Morgan fingerprint density at radius 1 is 1.50 bits per heavy atom. The van der Waals surface area contributed by atoms with E-state index in [-0.39, 0.29) is 11.9 Å². The lowest BCUT2D eigenvalue weighted by Crippen LogP contribution is -2.12. The van der Waals surface area contributed by atoms with Gasteiger partial charge in [-0.05, 0) is 13.8 Å². The summed E-state index contributed by atoms with van der Waals surface area (Å²) < 4.78 is 5.00. The van der Waals surface area contributed by atoms with Crippen LogP contribution in [0.2, 0.25) is 0 Å². The number of rotatable bonds is 4. The molecule has 0 N–H and O–H groups in total. The minimum Gasteiger partial charge on any atom is -0.465 e. The van der Waals surface area contributed by atoms with Gasteiger partial charge in [-0.2, -0.15) is 0 Å².